The van der Waals surface area contributed by atoms with E-state index >= 15 is 0 Å². The molecular weight excluding hydrogens is 194 g/mol. The van der Waals surface area contributed by atoms with E-state index in [9.17, 15) is 0 Å². The molecule has 2 aliphatic carbocycles. The Balaban J connectivity index is 2.00. The second-order valence-electron chi connectivity index (χ2n) is 4.96. The molecule has 0 radical (unpaired) electrons. The Morgan fingerprint density at radius 2 is 2.25 bits per heavy atom. The van der Waals surface area contributed by atoms with Crippen LogP contribution in [-0.4, -0.2) is 12.1 Å². The van der Waals surface area contributed by atoms with Crippen molar-refractivity contribution in [1.29, 1.82) is 0 Å². The fourth-order valence-corrected chi connectivity index (χ4v) is 3.63. The molecule has 1 nitrogen and oxygen atoms in total. The molecule has 1 fully saturated rings. The zero-order chi connectivity index (χ0) is 10.8. The molecule has 2 unspecified atom stereocenters. The second-order valence-corrected chi connectivity index (χ2v) is 4.96. The van der Waals surface area contributed by atoms with E-state index in [2.05, 4.69) is 54.3 Å². The van der Waals surface area contributed by atoms with E-state index in [0.717, 1.165) is 12.5 Å². The van der Waals surface area contributed by atoms with Crippen LogP contribution in [0.4, 0.5) is 5.69 Å². The summed E-state index contributed by atoms with van der Waals surface area (Å²) in [6.45, 7) is 3.38. The van der Waals surface area contributed by atoms with Crippen molar-refractivity contribution < 1.29 is 0 Å². The van der Waals surface area contributed by atoms with E-state index in [4.69, 9.17) is 0 Å². The number of likely N-dealkylation sites (N-methyl/N-ethyl adjacent to an activating group) is 1. The lowest BCUT2D eigenvalue weighted by Gasteiger charge is -2.28. The third-order valence-electron chi connectivity index (χ3n) is 4.34. The summed E-state index contributed by atoms with van der Waals surface area (Å²) >= 11 is 0. The lowest BCUT2D eigenvalue weighted by molar-refractivity contribution is 0.713. The first-order valence-electron chi connectivity index (χ1n) is 6.14. The average molecular weight is 209 g/mol. The van der Waals surface area contributed by atoms with Gasteiger partial charge in [-0.25, -0.2) is 0 Å². The molecule has 0 saturated heterocycles. The molecule has 0 bridgehead atoms. The first kappa shape index (κ1) is 8.63. The fraction of sp³-hybridized carbons (Fsp3) is 0.333. The molecule has 3 aliphatic rings. The van der Waals surface area contributed by atoms with Gasteiger partial charge in [0.15, 0.2) is 0 Å². The van der Waals surface area contributed by atoms with Crippen LogP contribution in [0, 0.1) is 5.92 Å². The predicted octanol–water partition coefficient (Wildman–Crippen LogP) is 3.24. The zero-order valence-electron chi connectivity index (χ0n) is 9.48. The highest BCUT2D eigenvalue weighted by molar-refractivity contribution is 5.95. The Kier molecular flexibility index (Phi) is 1.40. The van der Waals surface area contributed by atoms with Gasteiger partial charge in [0.2, 0.25) is 0 Å². The lowest BCUT2D eigenvalue weighted by atomic mass is 9.95. The van der Waals surface area contributed by atoms with Crippen LogP contribution in [-0.2, 0) is 0 Å². The van der Waals surface area contributed by atoms with Gasteiger partial charge >= 0.3 is 0 Å². The number of fused-ring (bicyclic) bond motifs is 2. The summed E-state index contributed by atoms with van der Waals surface area (Å²) < 4.78 is 0. The number of hydrogen-bond donors (Lipinski definition) is 0. The van der Waals surface area contributed by atoms with Crippen LogP contribution in [0.15, 0.2) is 42.5 Å². The molecule has 0 amide bonds. The minimum Gasteiger partial charge on any atom is -0.361 e. The molecule has 2 atom stereocenters. The van der Waals surface area contributed by atoms with Gasteiger partial charge in [0.1, 0.15) is 0 Å². The Morgan fingerprint density at radius 3 is 3.12 bits per heavy atom. The van der Waals surface area contributed by atoms with Crippen molar-refractivity contribution in [3.63, 3.8) is 0 Å². The van der Waals surface area contributed by atoms with Crippen molar-refractivity contribution in [2.75, 3.05) is 11.4 Å². The smallest absolute Gasteiger partial charge is 0.0730 e. The molecule has 80 valence electrons. The van der Waals surface area contributed by atoms with Crippen molar-refractivity contribution in [3.05, 3.63) is 48.1 Å². The highest BCUT2D eigenvalue weighted by Crippen LogP contribution is 2.65. The predicted molar refractivity (Wildman–Crippen MR) is 67.4 cm³/mol. The van der Waals surface area contributed by atoms with Crippen molar-refractivity contribution in [3.8, 4) is 0 Å². The molecule has 1 saturated carbocycles. The number of allylic oxidation sites excluding steroid dienone is 2. The van der Waals surface area contributed by atoms with Crippen LogP contribution >= 0.6 is 0 Å². The van der Waals surface area contributed by atoms with Gasteiger partial charge in [-0.2, -0.15) is 0 Å². The quantitative estimate of drug-likeness (QED) is 0.686. The van der Waals surface area contributed by atoms with E-state index in [1.54, 1.807) is 5.57 Å². The molecule has 4 rings (SSSR count). The Hall–Kier alpha value is -1.50. The number of rotatable bonds is 1. The molecule has 1 heterocycles. The average Bonchev–Trinajstić information content (AvgIpc) is 2.99. The van der Waals surface area contributed by atoms with Crippen molar-refractivity contribution in [1.82, 2.24) is 0 Å². The standard InChI is InChI=1S/C15H15N/c1-2-16-14-9-4-3-7-12(14)13-8-5-6-11-10-15(11,13)16/h3-9,11H,2,10H2,1H3. The van der Waals surface area contributed by atoms with E-state index in [1.165, 1.54) is 17.7 Å². The largest absolute Gasteiger partial charge is 0.361 e. The molecule has 0 aromatic heterocycles. The second kappa shape index (κ2) is 2.60. The highest BCUT2D eigenvalue weighted by Gasteiger charge is 2.63. The summed E-state index contributed by atoms with van der Waals surface area (Å²) in [5.41, 5.74) is 4.78. The molecule has 0 N–H and O–H groups in total. The molecule has 16 heavy (non-hydrogen) atoms. The van der Waals surface area contributed by atoms with Crippen molar-refractivity contribution in [2.45, 2.75) is 18.9 Å². The van der Waals surface area contributed by atoms with E-state index in [-0.39, 0.29) is 0 Å². The maximum atomic E-state index is 2.60. The number of para-hydroxylation sites is 1. The summed E-state index contributed by atoms with van der Waals surface area (Å²) in [7, 11) is 0. The van der Waals surface area contributed by atoms with Gasteiger partial charge in [-0.3, -0.25) is 0 Å². The lowest BCUT2D eigenvalue weighted by Crippen LogP contribution is -2.35. The van der Waals surface area contributed by atoms with Gasteiger partial charge in [-0.15, -0.1) is 0 Å². The van der Waals surface area contributed by atoms with Crippen LogP contribution in [0.1, 0.15) is 18.9 Å². The van der Waals surface area contributed by atoms with Crippen LogP contribution < -0.4 is 4.90 Å². The van der Waals surface area contributed by atoms with Crippen LogP contribution in [0.25, 0.3) is 5.57 Å². The number of anilines is 1. The van der Waals surface area contributed by atoms with Gasteiger partial charge in [0, 0.05) is 23.7 Å². The van der Waals surface area contributed by atoms with Crippen LogP contribution in [0.2, 0.25) is 0 Å². The van der Waals surface area contributed by atoms with Gasteiger partial charge in [-0.05, 0) is 25.0 Å². The minimum atomic E-state index is 0.340. The monoisotopic (exact) mass is 209 g/mol. The summed E-state index contributed by atoms with van der Waals surface area (Å²) in [6, 6.07) is 8.85. The topological polar surface area (TPSA) is 3.24 Å². The number of benzene rings is 1. The van der Waals surface area contributed by atoms with Gasteiger partial charge in [0.25, 0.3) is 0 Å². The van der Waals surface area contributed by atoms with Gasteiger partial charge < -0.3 is 4.90 Å². The first-order valence-corrected chi connectivity index (χ1v) is 6.14. The van der Waals surface area contributed by atoms with E-state index in [1.807, 2.05) is 0 Å². The Morgan fingerprint density at radius 1 is 1.38 bits per heavy atom. The first-order chi connectivity index (χ1) is 7.88. The normalized spacial score (nSPS) is 32.9. The maximum absolute atomic E-state index is 2.60. The van der Waals surface area contributed by atoms with Crippen molar-refractivity contribution >= 4 is 11.3 Å². The summed E-state index contributed by atoms with van der Waals surface area (Å²) in [5, 5.41) is 0. The summed E-state index contributed by atoms with van der Waals surface area (Å²) in [5.74, 6) is 0.750. The summed E-state index contributed by atoms with van der Waals surface area (Å²) in [4.78, 5) is 2.60. The van der Waals surface area contributed by atoms with Crippen LogP contribution in [0.5, 0.6) is 0 Å². The molecule has 1 aromatic carbocycles. The Labute approximate surface area is 96.1 Å². The minimum absolute atomic E-state index is 0.340. The molecule has 1 aromatic rings. The van der Waals surface area contributed by atoms with Gasteiger partial charge in [0.05, 0.1) is 5.54 Å². The maximum Gasteiger partial charge on any atom is 0.0730 e. The zero-order valence-corrected chi connectivity index (χ0v) is 9.48. The van der Waals surface area contributed by atoms with Crippen molar-refractivity contribution in [2.24, 2.45) is 5.92 Å². The Bertz CT molecular complexity index is 526. The third-order valence-corrected chi connectivity index (χ3v) is 4.34. The van der Waals surface area contributed by atoms with Crippen LogP contribution in [0.3, 0.4) is 0 Å². The third kappa shape index (κ3) is 0.765. The summed E-state index contributed by atoms with van der Waals surface area (Å²) in [6.07, 6.45) is 8.23. The fourth-order valence-electron chi connectivity index (χ4n) is 3.63. The highest BCUT2D eigenvalue weighted by atomic mass is 15.3. The molecule has 1 heteroatoms. The molecular formula is C15H15N. The molecule has 1 aliphatic heterocycles. The van der Waals surface area contributed by atoms with E-state index in [0.29, 0.717) is 5.54 Å². The molecule has 1 spiro atoms. The van der Waals surface area contributed by atoms with E-state index < -0.39 is 0 Å². The number of nitrogens with zero attached hydrogens (tertiary/aromatic N) is 1. The SMILES string of the molecule is CCN1c2ccccc2C2=CC=CC3CC231. The number of hydrogen-bond acceptors (Lipinski definition) is 1. The van der Waals surface area contributed by atoms with Gasteiger partial charge in [-0.1, -0.05) is 36.4 Å².